The van der Waals surface area contributed by atoms with Crippen molar-refractivity contribution in [3.63, 3.8) is 0 Å². The van der Waals surface area contributed by atoms with Crippen molar-refractivity contribution in [1.82, 2.24) is 9.29 Å². The van der Waals surface area contributed by atoms with Crippen molar-refractivity contribution in [2.45, 2.75) is 44.9 Å². The molecule has 1 N–H and O–H groups in total. The highest BCUT2D eigenvalue weighted by molar-refractivity contribution is 7.89. The number of carbonyl (C=O) groups is 1. The molecule has 1 saturated heterocycles. The first kappa shape index (κ1) is 18.4. The summed E-state index contributed by atoms with van der Waals surface area (Å²) in [4.78, 5) is 17.2. The number of sulfonamides is 1. The van der Waals surface area contributed by atoms with Crippen LogP contribution < -0.4 is 5.32 Å². The molecule has 1 aliphatic heterocycles. The maximum absolute atomic E-state index is 12.7. The van der Waals surface area contributed by atoms with E-state index in [0.717, 1.165) is 29.8 Å². The van der Waals surface area contributed by atoms with Crippen LogP contribution in [0.4, 0.5) is 5.69 Å². The first-order valence-corrected chi connectivity index (χ1v) is 11.3. The van der Waals surface area contributed by atoms with Gasteiger partial charge in [-0.25, -0.2) is 17.7 Å². The Balaban J connectivity index is 1.44. The van der Waals surface area contributed by atoms with Gasteiger partial charge in [-0.05, 0) is 50.3 Å². The smallest absolute Gasteiger partial charge is 0.228 e. The predicted octanol–water partition coefficient (Wildman–Crippen LogP) is 3.10. The summed E-state index contributed by atoms with van der Waals surface area (Å²) in [5.41, 5.74) is 2.13. The maximum Gasteiger partial charge on any atom is 0.228 e. The third-order valence-electron chi connectivity index (χ3n) is 5.21. The van der Waals surface area contributed by atoms with E-state index < -0.39 is 10.0 Å². The van der Waals surface area contributed by atoms with Crippen LogP contribution in [0.25, 0.3) is 11.1 Å². The summed E-state index contributed by atoms with van der Waals surface area (Å²) in [5, 5.41) is 2.92. The van der Waals surface area contributed by atoms with Gasteiger partial charge < -0.3 is 9.73 Å². The predicted molar refractivity (Wildman–Crippen MR) is 103 cm³/mol. The van der Waals surface area contributed by atoms with Gasteiger partial charge in [-0.15, -0.1) is 0 Å². The summed E-state index contributed by atoms with van der Waals surface area (Å²) in [6.45, 7) is 2.60. The largest absolute Gasteiger partial charge is 0.440 e. The number of anilines is 1. The number of aromatic nitrogens is 1. The highest BCUT2D eigenvalue weighted by Crippen LogP contribution is 2.40. The molecule has 1 aromatic carbocycles. The molecule has 1 aliphatic carbocycles. The molecule has 146 valence electrons. The molecule has 1 aromatic heterocycles. The number of hydrogen-bond acceptors (Lipinski definition) is 5. The Morgan fingerprint density at radius 1 is 1.33 bits per heavy atom. The zero-order valence-corrected chi connectivity index (χ0v) is 16.3. The molecular formula is C19H25N3O4S. The highest BCUT2D eigenvalue weighted by Gasteiger charge is 2.32. The number of fused-ring (bicyclic) bond motifs is 1. The zero-order chi connectivity index (χ0) is 19.0. The van der Waals surface area contributed by atoms with Crippen molar-refractivity contribution in [2.24, 2.45) is 5.92 Å². The molecule has 7 nitrogen and oxygen atoms in total. The van der Waals surface area contributed by atoms with Gasteiger partial charge in [-0.1, -0.05) is 6.92 Å². The molecule has 1 atom stereocenters. The standard InChI is InChI=1S/C19H25N3O4S/c1-2-10-27(24,25)22-9-3-4-14(12-22)18(23)20-15-7-8-17-16(11-15)21-19(26-17)13-5-6-13/h7-8,11,13-14H,2-6,9-10,12H2,1H3,(H,20,23). The lowest BCUT2D eigenvalue weighted by molar-refractivity contribution is -0.120. The van der Waals surface area contributed by atoms with Crippen LogP contribution in [-0.4, -0.2) is 42.5 Å². The van der Waals surface area contributed by atoms with E-state index >= 15 is 0 Å². The fourth-order valence-electron chi connectivity index (χ4n) is 3.57. The minimum absolute atomic E-state index is 0.132. The number of nitrogens with one attached hydrogen (secondary N) is 1. The van der Waals surface area contributed by atoms with E-state index in [1.54, 1.807) is 6.07 Å². The second kappa shape index (κ2) is 7.24. The molecule has 0 radical (unpaired) electrons. The van der Waals surface area contributed by atoms with E-state index in [2.05, 4.69) is 10.3 Å². The minimum Gasteiger partial charge on any atom is -0.440 e. The lowest BCUT2D eigenvalue weighted by atomic mass is 9.98. The summed E-state index contributed by atoms with van der Waals surface area (Å²) in [5.74, 6) is 0.872. The second-order valence-electron chi connectivity index (χ2n) is 7.51. The fourth-order valence-corrected chi connectivity index (χ4v) is 5.16. The molecule has 4 rings (SSSR count). The van der Waals surface area contributed by atoms with Gasteiger partial charge in [0.15, 0.2) is 11.5 Å². The maximum atomic E-state index is 12.7. The summed E-state index contributed by atoms with van der Waals surface area (Å²) >= 11 is 0. The first-order chi connectivity index (χ1) is 13.0. The lowest BCUT2D eigenvalue weighted by Gasteiger charge is -2.31. The third kappa shape index (κ3) is 4.01. The van der Waals surface area contributed by atoms with E-state index in [0.29, 0.717) is 37.4 Å². The van der Waals surface area contributed by atoms with Crippen molar-refractivity contribution < 1.29 is 17.6 Å². The van der Waals surface area contributed by atoms with E-state index in [9.17, 15) is 13.2 Å². The summed E-state index contributed by atoms with van der Waals surface area (Å²) in [6.07, 6.45) is 4.22. The van der Waals surface area contributed by atoms with Crippen LogP contribution >= 0.6 is 0 Å². The van der Waals surface area contributed by atoms with Gasteiger partial charge in [-0.3, -0.25) is 4.79 Å². The number of nitrogens with zero attached hydrogens (tertiary/aromatic N) is 2. The Kier molecular flexibility index (Phi) is 4.94. The molecule has 2 heterocycles. The molecule has 0 spiro atoms. The molecule has 1 saturated carbocycles. The molecule has 1 amide bonds. The van der Waals surface area contributed by atoms with Crippen molar-refractivity contribution in [3.8, 4) is 0 Å². The van der Waals surface area contributed by atoms with Gasteiger partial charge in [0.1, 0.15) is 5.52 Å². The second-order valence-corrected chi connectivity index (χ2v) is 9.60. The van der Waals surface area contributed by atoms with E-state index in [-0.39, 0.29) is 24.1 Å². The normalized spacial score (nSPS) is 21.4. The average Bonchev–Trinajstić information content (AvgIpc) is 3.41. The SMILES string of the molecule is CCCS(=O)(=O)N1CCCC(C(=O)Nc2ccc3oc(C4CC4)nc3c2)C1. The zero-order valence-electron chi connectivity index (χ0n) is 15.5. The van der Waals surface area contributed by atoms with Gasteiger partial charge in [0.2, 0.25) is 15.9 Å². The number of hydrogen-bond donors (Lipinski definition) is 1. The number of rotatable bonds is 6. The van der Waals surface area contributed by atoms with E-state index in [4.69, 9.17) is 4.42 Å². The Labute approximate surface area is 159 Å². The van der Waals surface area contributed by atoms with Gasteiger partial charge in [-0.2, -0.15) is 0 Å². The topological polar surface area (TPSA) is 92.5 Å². The lowest BCUT2D eigenvalue weighted by Crippen LogP contribution is -2.44. The van der Waals surface area contributed by atoms with Gasteiger partial charge >= 0.3 is 0 Å². The van der Waals surface area contributed by atoms with Crippen LogP contribution in [0.2, 0.25) is 0 Å². The molecule has 0 bridgehead atoms. The van der Waals surface area contributed by atoms with Gasteiger partial charge in [0.25, 0.3) is 0 Å². The van der Waals surface area contributed by atoms with E-state index in [1.807, 2.05) is 19.1 Å². The fraction of sp³-hybridized carbons (Fsp3) is 0.579. The molecule has 8 heteroatoms. The molecular weight excluding hydrogens is 366 g/mol. The Morgan fingerprint density at radius 3 is 2.89 bits per heavy atom. The first-order valence-electron chi connectivity index (χ1n) is 9.65. The number of benzene rings is 1. The molecule has 2 aromatic rings. The third-order valence-corrected chi connectivity index (χ3v) is 7.25. The molecule has 1 unspecified atom stereocenters. The molecule has 2 aliphatic rings. The Bertz CT molecular complexity index is 949. The summed E-state index contributed by atoms with van der Waals surface area (Å²) < 4.78 is 31.8. The quantitative estimate of drug-likeness (QED) is 0.817. The minimum atomic E-state index is -3.27. The summed E-state index contributed by atoms with van der Waals surface area (Å²) in [7, 11) is -3.27. The van der Waals surface area contributed by atoms with Crippen LogP contribution in [0.5, 0.6) is 0 Å². The van der Waals surface area contributed by atoms with Crippen molar-refractivity contribution >= 4 is 32.7 Å². The van der Waals surface area contributed by atoms with Crippen LogP contribution in [0.3, 0.4) is 0 Å². The number of amides is 1. The van der Waals surface area contributed by atoms with Crippen LogP contribution in [-0.2, 0) is 14.8 Å². The monoisotopic (exact) mass is 391 g/mol. The number of carbonyl (C=O) groups excluding carboxylic acids is 1. The van der Waals surface area contributed by atoms with Crippen molar-refractivity contribution in [1.29, 1.82) is 0 Å². The van der Waals surface area contributed by atoms with Crippen molar-refractivity contribution in [3.05, 3.63) is 24.1 Å². The number of oxazole rings is 1. The van der Waals surface area contributed by atoms with Gasteiger partial charge in [0.05, 0.1) is 11.7 Å². The molecule has 2 fully saturated rings. The van der Waals surface area contributed by atoms with Gasteiger partial charge in [0, 0.05) is 24.7 Å². The van der Waals surface area contributed by atoms with Crippen LogP contribution in [0.1, 0.15) is 50.8 Å². The molecule has 27 heavy (non-hydrogen) atoms. The Morgan fingerprint density at radius 2 is 2.15 bits per heavy atom. The van der Waals surface area contributed by atoms with Crippen LogP contribution in [0, 0.1) is 5.92 Å². The van der Waals surface area contributed by atoms with Crippen LogP contribution in [0.15, 0.2) is 22.6 Å². The highest BCUT2D eigenvalue weighted by atomic mass is 32.2. The average molecular weight is 391 g/mol. The van der Waals surface area contributed by atoms with E-state index in [1.165, 1.54) is 4.31 Å². The number of piperidine rings is 1. The summed E-state index contributed by atoms with van der Waals surface area (Å²) in [6, 6.07) is 5.44. The van der Waals surface area contributed by atoms with Crippen molar-refractivity contribution in [2.75, 3.05) is 24.2 Å². The Hall–Kier alpha value is -1.93.